The van der Waals surface area contributed by atoms with E-state index < -0.39 is 4.92 Å². The van der Waals surface area contributed by atoms with Gasteiger partial charge < -0.3 is 5.32 Å². The van der Waals surface area contributed by atoms with Gasteiger partial charge in [-0.15, -0.1) is 0 Å². The zero-order valence-corrected chi connectivity index (χ0v) is 16.4. The summed E-state index contributed by atoms with van der Waals surface area (Å²) in [5.74, 6) is 0.245. The summed E-state index contributed by atoms with van der Waals surface area (Å²) in [5.41, 5.74) is 4.33. The molecule has 7 heteroatoms. The van der Waals surface area contributed by atoms with Gasteiger partial charge in [-0.25, -0.2) is 4.68 Å². The van der Waals surface area contributed by atoms with Gasteiger partial charge >= 0.3 is 0 Å². The van der Waals surface area contributed by atoms with E-state index in [-0.39, 0.29) is 23.9 Å². The number of nitro benzene ring substituents is 1. The lowest BCUT2D eigenvalue weighted by Crippen LogP contribution is -2.24. The van der Waals surface area contributed by atoms with Crippen molar-refractivity contribution in [3.05, 3.63) is 106 Å². The summed E-state index contributed by atoms with van der Waals surface area (Å²) in [6, 6.07) is 25.9. The Balaban J connectivity index is 1.73. The molecule has 0 fully saturated rings. The van der Waals surface area contributed by atoms with Crippen LogP contribution in [0.1, 0.15) is 23.5 Å². The maximum Gasteiger partial charge on any atom is 0.269 e. The van der Waals surface area contributed by atoms with Crippen LogP contribution in [0, 0.1) is 10.1 Å². The summed E-state index contributed by atoms with van der Waals surface area (Å²) in [5, 5.41) is 18.9. The van der Waals surface area contributed by atoms with Crippen molar-refractivity contribution in [1.82, 2.24) is 9.78 Å². The average Bonchev–Trinajstić information content (AvgIpc) is 3.19. The first kappa shape index (κ1) is 18.7. The third-order valence-corrected chi connectivity index (χ3v) is 5.47. The van der Waals surface area contributed by atoms with Gasteiger partial charge in [0.2, 0.25) is 5.91 Å². The highest BCUT2D eigenvalue weighted by Crippen LogP contribution is 2.44. The van der Waals surface area contributed by atoms with E-state index in [0.717, 1.165) is 28.1 Å². The number of anilines is 1. The second kappa shape index (κ2) is 7.53. The number of para-hydroxylation sites is 1. The summed E-state index contributed by atoms with van der Waals surface area (Å²) >= 11 is 0. The maximum atomic E-state index is 12.7. The zero-order chi connectivity index (χ0) is 21.4. The quantitative estimate of drug-likeness (QED) is 0.382. The SMILES string of the molecule is O=C1CC(c2ccc([N+](=O)[O-])cc2)c2c(-c3ccccc3)nn(-c3ccccc3)c2N1. The molecule has 3 aromatic carbocycles. The fourth-order valence-electron chi connectivity index (χ4n) is 4.03. The van der Waals surface area contributed by atoms with Crippen molar-refractivity contribution in [3.63, 3.8) is 0 Å². The Morgan fingerprint density at radius 2 is 1.58 bits per heavy atom. The normalized spacial score (nSPS) is 15.2. The third kappa shape index (κ3) is 3.36. The Bertz CT molecular complexity index is 1270. The van der Waals surface area contributed by atoms with Crippen LogP contribution in [-0.2, 0) is 4.79 Å². The lowest BCUT2D eigenvalue weighted by Gasteiger charge is -2.24. The third-order valence-electron chi connectivity index (χ3n) is 5.47. The van der Waals surface area contributed by atoms with Crippen molar-refractivity contribution in [2.24, 2.45) is 0 Å². The number of aromatic nitrogens is 2. The first-order valence-electron chi connectivity index (χ1n) is 9.90. The monoisotopic (exact) mass is 410 g/mol. The molecule has 1 unspecified atom stereocenters. The highest BCUT2D eigenvalue weighted by molar-refractivity contribution is 5.96. The second-order valence-corrected chi connectivity index (χ2v) is 7.38. The molecule has 31 heavy (non-hydrogen) atoms. The number of nitrogens with zero attached hydrogens (tertiary/aromatic N) is 3. The van der Waals surface area contributed by atoms with E-state index in [0.29, 0.717) is 5.82 Å². The average molecular weight is 410 g/mol. The number of non-ortho nitro benzene ring substituents is 1. The molecule has 0 bridgehead atoms. The fourth-order valence-corrected chi connectivity index (χ4v) is 4.03. The highest BCUT2D eigenvalue weighted by Gasteiger charge is 2.34. The number of carbonyl (C=O) groups excluding carboxylic acids is 1. The molecule has 1 atom stereocenters. The molecule has 1 amide bonds. The fraction of sp³-hybridized carbons (Fsp3) is 0.0833. The van der Waals surface area contributed by atoms with Crippen molar-refractivity contribution in [2.75, 3.05) is 5.32 Å². The Morgan fingerprint density at radius 3 is 2.23 bits per heavy atom. The van der Waals surface area contributed by atoms with E-state index in [2.05, 4.69) is 5.32 Å². The predicted octanol–water partition coefficient (Wildman–Crippen LogP) is 4.92. The molecule has 1 aliphatic heterocycles. The van der Waals surface area contributed by atoms with Crippen LogP contribution in [0.3, 0.4) is 0 Å². The van der Waals surface area contributed by atoms with Gasteiger partial charge in [-0.3, -0.25) is 14.9 Å². The van der Waals surface area contributed by atoms with Crippen molar-refractivity contribution >= 4 is 17.4 Å². The van der Waals surface area contributed by atoms with Gasteiger partial charge in [-0.1, -0.05) is 60.7 Å². The van der Waals surface area contributed by atoms with E-state index in [4.69, 9.17) is 5.10 Å². The van der Waals surface area contributed by atoms with Crippen molar-refractivity contribution in [3.8, 4) is 16.9 Å². The summed E-state index contributed by atoms with van der Waals surface area (Å²) < 4.78 is 1.76. The van der Waals surface area contributed by atoms with E-state index in [9.17, 15) is 14.9 Å². The minimum absolute atomic E-state index is 0.0208. The molecule has 0 radical (unpaired) electrons. The van der Waals surface area contributed by atoms with Gasteiger partial charge in [0.15, 0.2) is 0 Å². The molecule has 1 aromatic heterocycles. The van der Waals surface area contributed by atoms with E-state index >= 15 is 0 Å². The number of benzene rings is 3. The molecular formula is C24H18N4O3. The summed E-state index contributed by atoms with van der Waals surface area (Å²) in [6.45, 7) is 0. The molecule has 0 aliphatic carbocycles. The molecule has 0 spiro atoms. The lowest BCUT2D eigenvalue weighted by molar-refractivity contribution is -0.384. The molecule has 1 N–H and O–H groups in total. The molecule has 152 valence electrons. The number of nitro groups is 1. The van der Waals surface area contributed by atoms with Gasteiger partial charge in [0.1, 0.15) is 5.82 Å². The maximum absolute atomic E-state index is 12.7. The van der Waals surface area contributed by atoms with Crippen LogP contribution in [0.2, 0.25) is 0 Å². The van der Waals surface area contributed by atoms with E-state index in [1.165, 1.54) is 12.1 Å². The Morgan fingerprint density at radius 1 is 0.935 bits per heavy atom. The van der Waals surface area contributed by atoms with Crippen LogP contribution in [0.4, 0.5) is 11.5 Å². The van der Waals surface area contributed by atoms with Crippen LogP contribution >= 0.6 is 0 Å². The number of carbonyl (C=O) groups is 1. The Labute approximate surface area is 178 Å². The van der Waals surface area contributed by atoms with Crippen molar-refractivity contribution < 1.29 is 9.72 Å². The largest absolute Gasteiger partial charge is 0.310 e. The number of hydrogen-bond donors (Lipinski definition) is 1. The van der Waals surface area contributed by atoms with Gasteiger partial charge in [-0.05, 0) is 17.7 Å². The summed E-state index contributed by atoms with van der Waals surface area (Å²) in [7, 11) is 0. The lowest BCUT2D eigenvalue weighted by atomic mass is 9.84. The van der Waals surface area contributed by atoms with Crippen LogP contribution < -0.4 is 5.32 Å². The number of nitrogens with one attached hydrogen (secondary N) is 1. The highest BCUT2D eigenvalue weighted by atomic mass is 16.6. The molecule has 0 saturated carbocycles. The van der Waals surface area contributed by atoms with Crippen molar-refractivity contribution in [2.45, 2.75) is 12.3 Å². The summed E-state index contributed by atoms with van der Waals surface area (Å²) in [6.07, 6.45) is 0.241. The first-order valence-corrected chi connectivity index (χ1v) is 9.90. The molecule has 0 saturated heterocycles. The summed E-state index contributed by atoms with van der Waals surface area (Å²) in [4.78, 5) is 23.3. The van der Waals surface area contributed by atoms with Crippen LogP contribution in [-0.4, -0.2) is 20.6 Å². The molecule has 1 aliphatic rings. The first-order chi connectivity index (χ1) is 15.1. The van der Waals surface area contributed by atoms with Crippen LogP contribution in [0.5, 0.6) is 0 Å². The molecule has 4 aromatic rings. The van der Waals surface area contributed by atoms with Gasteiger partial charge in [-0.2, -0.15) is 5.10 Å². The molecule has 5 rings (SSSR count). The molecular weight excluding hydrogens is 392 g/mol. The minimum Gasteiger partial charge on any atom is -0.310 e. The van der Waals surface area contributed by atoms with Gasteiger partial charge in [0.25, 0.3) is 5.69 Å². The van der Waals surface area contributed by atoms with Gasteiger partial charge in [0.05, 0.1) is 16.3 Å². The number of rotatable bonds is 4. The van der Waals surface area contributed by atoms with Crippen LogP contribution in [0.15, 0.2) is 84.9 Å². The number of amides is 1. The smallest absolute Gasteiger partial charge is 0.269 e. The second-order valence-electron chi connectivity index (χ2n) is 7.38. The van der Waals surface area contributed by atoms with Gasteiger partial charge in [0, 0.05) is 35.6 Å². The Kier molecular flexibility index (Phi) is 4.55. The topological polar surface area (TPSA) is 90.1 Å². The predicted molar refractivity (Wildman–Crippen MR) is 117 cm³/mol. The standard InChI is InChI=1S/C24H18N4O3/c29-21-15-20(16-11-13-19(14-12-16)28(30)31)22-23(17-7-3-1-4-8-17)26-27(24(22)25-21)18-9-5-2-6-10-18/h1-14,20H,15H2,(H,25,29). The minimum atomic E-state index is -0.425. The molecule has 2 heterocycles. The van der Waals surface area contributed by atoms with Crippen LogP contribution in [0.25, 0.3) is 16.9 Å². The van der Waals surface area contributed by atoms with E-state index in [1.807, 2.05) is 60.7 Å². The number of fused-ring (bicyclic) bond motifs is 1. The van der Waals surface area contributed by atoms with E-state index in [1.54, 1.807) is 16.8 Å². The number of hydrogen-bond acceptors (Lipinski definition) is 4. The Hall–Kier alpha value is -4.26. The zero-order valence-electron chi connectivity index (χ0n) is 16.4. The van der Waals surface area contributed by atoms with Crippen molar-refractivity contribution in [1.29, 1.82) is 0 Å². The molecule has 7 nitrogen and oxygen atoms in total.